The zero-order valence-electron chi connectivity index (χ0n) is 14.3. The summed E-state index contributed by atoms with van der Waals surface area (Å²) in [5.41, 5.74) is 1.04. The number of nitrogens with one attached hydrogen (secondary N) is 1. The highest BCUT2D eigenvalue weighted by molar-refractivity contribution is 9.10. The molecule has 0 spiro atoms. The lowest BCUT2D eigenvalue weighted by Gasteiger charge is -2.16. The normalized spacial score (nSPS) is 13.9. The van der Waals surface area contributed by atoms with E-state index in [1.165, 1.54) is 19.1 Å². The summed E-state index contributed by atoms with van der Waals surface area (Å²) < 4.78 is 5.92. The smallest absolute Gasteiger partial charge is 0.326 e. The van der Waals surface area contributed by atoms with Crippen molar-refractivity contribution in [2.75, 3.05) is 11.9 Å². The van der Waals surface area contributed by atoms with Gasteiger partial charge < -0.3 is 10.1 Å². The third-order valence-corrected chi connectivity index (χ3v) is 4.48. The zero-order chi connectivity index (χ0) is 19.6. The Kier molecular flexibility index (Phi) is 5.36. The summed E-state index contributed by atoms with van der Waals surface area (Å²) in [4.78, 5) is 49.5. The fourth-order valence-electron chi connectivity index (χ4n) is 2.58. The Morgan fingerprint density at radius 2 is 1.59 bits per heavy atom. The van der Waals surface area contributed by atoms with E-state index in [1.54, 1.807) is 36.4 Å². The first-order valence-electron chi connectivity index (χ1n) is 8.08. The van der Waals surface area contributed by atoms with Gasteiger partial charge in [-0.15, -0.1) is 0 Å². The molecular formula is C19H15BrN2O5. The maximum atomic E-state index is 12.2. The number of imide groups is 1. The zero-order valence-corrected chi connectivity index (χ0v) is 15.9. The van der Waals surface area contributed by atoms with Crippen molar-refractivity contribution in [2.45, 2.75) is 13.0 Å². The Morgan fingerprint density at radius 3 is 2.15 bits per heavy atom. The maximum Gasteiger partial charge on any atom is 0.326 e. The average Bonchev–Trinajstić information content (AvgIpc) is 2.89. The van der Waals surface area contributed by atoms with Gasteiger partial charge in [-0.3, -0.25) is 24.1 Å². The van der Waals surface area contributed by atoms with E-state index in [-0.39, 0.29) is 11.1 Å². The Balaban J connectivity index is 1.57. The van der Waals surface area contributed by atoms with Crippen LogP contribution < -0.4 is 5.32 Å². The molecule has 3 rings (SSSR count). The summed E-state index contributed by atoms with van der Waals surface area (Å²) in [5.74, 6) is -2.48. The molecule has 2 aromatic rings. The minimum absolute atomic E-state index is 0.247. The van der Waals surface area contributed by atoms with Crippen molar-refractivity contribution in [3.8, 4) is 0 Å². The van der Waals surface area contributed by atoms with Crippen LogP contribution in [0.1, 0.15) is 27.6 Å². The van der Waals surface area contributed by atoms with E-state index in [1.807, 2.05) is 0 Å². The summed E-state index contributed by atoms with van der Waals surface area (Å²) >= 11 is 3.29. The maximum absolute atomic E-state index is 12.2. The van der Waals surface area contributed by atoms with Gasteiger partial charge in [0.05, 0.1) is 11.1 Å². The van der Waals surface area contributed by atoms with Gasteiger partial charge in [-0.25, -0.2) is 0 Å². The molecule has 0 saturated carbocycles. The third kappa shape index (κ3) is 4.06. The molecule has 0 aliphatic carbocycles. The molecule has 1 aliphatic heterocycles. The van der Waals surface area contributed by atoms with Crippen molar-refractivity contribution >= 4 is 45.3 Å². The molecule has 0 fully saturated rings. The predicted octanol–water partition coefficient (Wildman–Crippen LogP) is 2.62. The predicted molar refractivity (Wildman–Crippen MR) is 100 cm³/mol. The van der Waals surface area contributed by atoms with E-state index < -0.39 is 36.3 Å². The molecular weight excluding hydrogens is 416 g/mol. The minimum atomic E-state index is -1.09. The first kappa shape index (κ1) is 18.8. The van der Waals surface area contributed by atoms with E-state index in [0.29, 0.717) is 5.69 Å². The Morgan fingerprint density at radius 1 is 1.04 bits per heavy atom. The van der Waals surface area contributed by atoms with Crippen molar-refractivity contribution in [1.29, 1.82) is 0 Å². The Bertz CT molecular complexity index is 891. The first-order valence-corrected chi connectivity index (χ1v) is 8.87. The molecule has 7 nitrogen and oxygen atoms in total. The van der Waals surface area contributed by atoms with Gasteiger partial charge in [0.2, 0.25) is 0 Å². The number of hydrogen-bond donors (Lipinski definition) is 1. The SMILES string of the molecule is CC(OC(=O)CN1C(=O)c2ccccc2C1=O)C(=O)Nc1ccc(Br)cc1. The highest BCUT2D eigenvalue weighted by Crippen LogP contribution is 2.22. The topological polar surface area (TPSA) is 92.8 Å². The van der Waals surface area contributed by atoms with Crippen molar-refractivity contribution in [2.24, 2.45) is 0 Å². The summed E-state index contributed by atoms with van der Waals surface area (Å²) in [6.45, 7) is 0.858. The number of hydrogen-bond acceptors (Lipinski definition) is 5. The van der Waals surface area contributed by atoms with E-state index in [0.717, 1.165) is 9.37 Å². The molecule has 0 saturated heterocycles. The fourth-order valence-corrected chi connectivity index (χ4v) is 2.84. The number of amides is 3. The van der Waals surface area contributed by atoms with Crippen LogP contribution in [0.4, 0.5) is 5.69 Å². The van der Waals surface area contributed by atoms with Crippen molar-refractivity contribution in [3.05, 3.63) is 64.1 Å². The van der Waals surface area contributed by atoms with Crippen LogP contribution in [-0.2, 0) is 14.3 Å². The van der Waals surface area contributed by atoms with Gasteiger partial charge in [0.1, 0.15) is 6.54 Å². The third-order valence-electron chi connectivity index (χ3n) is 3.95. The van der Waals surface area contributed by atoms with E-state index in [2.05, 4.69) is 21.2 Å². The summed E-state index contributed by atoms with van der Waals surface area (Å²) in [5, 5.41) is 2.62. The number of ether oxygens (including phenoxy) is 1. The molecule has 0 radical (unpaired) electrons. The Hall–Kier alpha value is -3.00. The lowest BCUT2D eigenvalue weighted by molar-refractivity contribution is -0.153. The second-order valence-electron chi connectivity index (χ2n) is 5.87. The van der Waals surface area contributed by atoms with Crippen molar-refractivity contribution in [1.82, 2.24) is 4.90 Å². The van der Waals surface area contributed by atoms with Gasteiger partial charge in [-0.1, -0.05) is 28.1 Å². The highest BCUT2D eigenvalue weighted by atomic mass is 79.9. The number of esters is 1. The molecule has 2 aromatic carbocycles. The van der Waals surface area contributed by atoms with Crippen LogP contribution in [0, 0.1) is 0 Å². The molecule has 1 heterocycles. The second-order valence-corrected chi connectivity index (χ2v) is 6.79. The average molecular weight is 431 g/mol. The Labute approximate surface area is 163 Å². The van der Waals surface area contributed by atoms with Gasteiger partial charge in [0.15, 0.2) is 6.10 Å². The number of benzene rings is 2. The van der Waals surface area contributed by atoms with Crippen molar-refractivity contribution in [3.63, 3.8) is 0 Å². The van der Waals surface area contributed by atoms with Gasteiger partial charge in [0, 0.05) is 10.2 Å². The molecule has 1 atom stereocenters. The van der Waals surface area contributed by atoms with Crippen LogP contribution in [0.2, 0.25) is 0 Å². The number of halogens is 1. The highest BCUT2D eigenvalue weighted by Gasteiger charge is 2.37. The summed E-state index contributed by atoms with van der Waals surface area (Å²) in [7, 11) is 0. The lowest BCUT2D eigenvalue weighted by atomic mass is 10.1. The molecule has 8 heteroatoms. The fraction of sp³-hybridized carbons (Fsp3) is 0.158. The van der Waals surface area contributed by atoms with Gasteiger partial charge in [0.25, 0.3) is 17.7 Å². The number of rotatable bonds is 5. The lowest BCUT2D eigenvalue weighted by Crippen LogP contribution is -2.38. The summed E-state index contributed by atoms with van der Waals surface area (Å²) in [6, 6.07) is 13.2. The first-order chi connectivity index (χ1) is 12.9. The van der Waals surface area contributed by atoms with Crippen LogP contribution in [-0.4, -0.2) is 41.2 Å². The molecule has 27 heavy (non-hydrogen) atoms. The van der Waals surface area contributed by atoms with Crippen LogP contribution in [0.5, 0.6) is 0 Å². The van der Waals surface area contributed by atoms with Crippen LogP contribution in [0.15, 0.2) is 53.0 Å². The minimum Gasteiger partial charge on any atom is -0.451 e. The molecule has 138 valence electrons. The van der Waals surface area contributed by atoms with Crippen molar-refractivity contribution < 1.29 is 23.9 Å². The molecule has 1 N–H and O–H groups in total. The van der Waals surface area contributed by atoms with E-state index in [4.69, 9.17) is 4.74 Å². The van der Waals surface area contributed by atoms with E-state index in [9.17, 15) is 19.2 Å². The van der Waals surface area contributed by atoms with Crippen LogP contribution in [0.25, 0.3) is 0 Å². The number of anilines is 1. The second kappa shape index (κ2) is 7.71. The monoisotopic (exact) mass is 430 g/mol. The van der Waals surface area contributed by atoms with E-state index >= 15 is 0 Å². The standard InChI is InChI=1S/C19H15BrN2O5/c1-11(17(24)21-13-8-6-12(20)7-9-13)27-16(23)10-22-18(25)14-4-2-3-5-15(14)19(22)26/h2-9,11H,10H2,1H3,(H,21,24). The largest absolute Gasteiger partial charge is 0.451 e. The van der Waals surface area contributed by atoms with Gasteiger partial charge in [-0.2, -0.15) is 0 Å². The molecule has 1 aliphatic rings. The number of fused-ring (bicyclic) bond motifs is 1. The number of carbonyl (C=O) groups excluding carboxylic acids is 4. The molecule has 1 unspecified atom stereocenters. The van der Waals surface area contributed by atoms with Crippen LogP contribution in [0.3, 0.4) is 0 Å². The molecule has 3 amide bonds. The molecule has 0 bridgehead atoms. The number of nitrogens with zero attached hydrogens (tertiary/aromatic N) is 1. The van der Waals surface area contributed by atoms with Gasteiger partial charge >= 0.3 is 5.97 Å². The summed E-state index contributed by atoms with van der Waals surface area (Å²) in [6.07, 6.45) is -1.09. The van der Waals surface area contributed by atoms with Crippen LogP contribution >= 0.6 is 15.9 Å². The quantitative estimate of drug-likeness (QED) is 0.581. The number of carbonyl (C=O) groups is 4. The molecule has 0 aromatic heterocycles. The van der Waals surface area contributed by atoms with Gasteiger partial charge in [-0.05, 0) is 43.3 Å².